The van der Waals surface area contributed by atoms with Gasteiger partial charge >= 0.3 is 5.97 Å². The molecule has 26 heavy (non-hydrogen) atoms. The molecule has 0 spiro atoms. The van der Waals surface area contributed by atoms with E-state index in [4.69, 9.17) is 9.47 Å². The van der Waals surface area contributed by atoms with Crippen molar-refractivity contribution in [1.29, 1.82) is 0 Å². The van der Waals surface area contributed by atoms with Crippen LogP contribution in [0, 0.1) is 0 Å². The number of hydrogen-bond donors (Lipinski definition) is 1. The molecular weight excluding hydrogens is 330 g/mol. The molecule has 2 aromatic carbocycles. The summed E-state index contributed by atoms with van der Waals surface area (Å²) in [6, 6.07) is 14.9. The summed E-state index contributed by atoms with van der Waals surface area (Å²) >= 11 is 0. The Morgan fingerprint density at radius 1 is 1.15 bits per heavy atom. The number of ether oxygens (including phenoxy) is 2. The summed E-state index contributed by atoms with van der Waals surface area (Å²) in [5.74, 6) is -0.0764. The van der Waals surface area contributed by atoms with E-state index < -0.39 is 11.9 Å². The minimum atomic E-state index is -0.842. The summed E-state index contributed by atoms with van der Waals surface area (Å²) in [5, 5.41) is 9.68. The van der Waals surface area contributed by atoms with Crippen molar-refractivity contribution in [3.8, 4) is 11.5 Å². The van der Waals surface area contributed by atoms with Crippen molar-refractivity contribution in [2.24, 2.45) is 0 Å². The molecule has 5 heteroatoms. The Morgan fingerprint density at radius 3 is 2.50 bits per heavy atom. The summed E-state index contributed by atoms with van der Waals surface area (Å²) in [4.78, 5) is 13.9. The highest BCUT2D eigenvalue weighted by Crippen LogP contribution is 2.30. The molecule has 1 unspecified atom stereocenters. The fraction of sp³-hybridized carbons (Fsp3) is 0.381. The van der Waals surface area contributed by atoms with Gasteiger partial charge in [0.05, 0.1) is 19.6 Å². The minimum absolute atomic E-state index is 0.367. The largest absolute Gasteiger partial charge is 0.497 e. The number of rotatable bonds is 10. The molecule has 0 saturated carbocycles. The van der Waals surface area contributed by atoms with E-state index >= 15 is 0 Å². The van der Waals surface area contributed by atoms with E-state index in [1.807, 2.05) is 62.6 Å². The van der Waals surface area contributed by atoms with Crippen LogP contribution in [0.3, 0.4) is 0 Å². The topological polar surface area (TPSA) is 59.0 Å². The van der Waals surface area contributed by atoms with Crippen LogP contribution in [0.2, 0.25) is 0 Å². The van der Waals surface area contributed by atoms with Gasteiger partial charge in [-0.15, -0.1) is 0 Å². The van der Waals surface area contributed by atoms with Crippen molar-refractivity contribution in [3.63, 3.8) is 0 Å². The lowest BCUT2D eigenvalue weighted by atomic mass is 9.91. The molecule has 0 saturated heterocycles. The zero-order valence-corrected chi connectivity index (χ0v) is 15.6. The molecule has 2 rings (SSSR count). The Balaban J connectivity index is 2.19. The monoisotopic (exact) mass is 357 g/mol. The molecule has 140 valence electrons. The first-order valence-corrected chi connectivity index (χ1v) is 8.73. The number of carboxylic acids is 1. The zero-order valence-electron chi connectivity index (χ0n) is 15.6. The van der Waals surface area contributed by atoms with Crippen LogP contribution in [-0.2, 0) is 11.2 Å². The Labute approximate surface area is 155 Å². The van der Waals surface area contributed by atoms with Gasteiger partial charge in [0.2, 0.25) is 0 Å². The molecule has 0 aliphatic heterocycles. The number of carboxylic acid groups (broad SMARTS) is 1. The van der Waals surface area contributed by atoms with Crippen LogP contribution in [0.25, 0.3) is 0 Å². The van der Waals surface area contributed by atoms with Crippen LogP contribution in [0.15, 0.2) is 48.5 Å². The number of hydrogen-bond acceptors (Lipinski definition) is 4. The van der Waals surface area contributed by atoms with E-state index in [1.54, 1.807) is 7.11 Å². The van der Waals surface area contributed by atoms with Gasteiger partial charge in [-0.25, -0.2) is 0 Å². The van der Waals surface area contributed by atoms with Crippen LogP contribution in [0.4, 0.5) is 0 Å². The van der Waals surface area contributed by atoms with Crippen LogP contribution < -0.4 is 9.47 Å². The lowest BCUT2D eigenvalue weighted by Gasteiger charge is -2.17. The third-order valence-corrected chi connectivity index (χ3v) is 4.21. The standard InChI is InChI=1S/C21H27NO4/c1-22(2)12-7-13-26-20-15-18(25-3)11-10-17(20)14-19(21(23)24)16-8-5-4-6-9-16/h4-6,8-11,15,19H,7,12-14H2,1-3H3,(H,23,24). The molecule has 0 fully saturated rings. The van der Waals surface area contributed by atoms with Crippen LogP contribution in [0.1, 0.15) is 23.5 Å². The van der Waals surface area contributed by atoms with E-state index in [0.717, 1.165) is 24.1 Å². The third kappa shape index (κ3) is 5.77. The molecule has 5 nitrogen and oxygen atoms in total. The van der Waals surface area contributed by atoms with Gasteiger partial charge in [-0.2, -0.15) is 0 Å². The first kappa shape index (κ1) is 19.8. The van der Waals surface area contributed by atoms with Crippen molar-refractivity contribution < 1.29 is 19.4 Å². The van der Waals surface area contributed by atoms with Crippen LogP contribution in [-0.4, -0.2) is 50.3 Å². The fourth-order valence-corrected chi connectivity index (χ4v) is 2.78. The lowest BCUT2D eigenvalue weighted by Crippen LogP contribution is -2.17. The molecule has 0 aliphatic carbocycles. The Morgan fingerprint density at radius 2 is 1.88 bits per heavy atom. The van der Waals surface area contributed by atoms with Crippen molar-refractivity contribution >= 4 is 5.97 Å². The molecule has 1 N–H and O–H groups in total. The first-order chi connectivity index (χ1) is 12.5. The van der Waals surface area contributed by atoms with Crippen molar-refractivity contribution in [3.05, 3.63) is 59.7 Å². The molecule has 1 atom stereocenters. The highest BCUT2D eigenvalue weighted by Gasteiger charge is 2.22. The molecule has 0 amide bonds. The number of nitrogens with zero attached hydrogens (tertiary/aromatic N) is 1. The van der Waals surface area contributed by atoms with E-state index in [1.165, 1.54) is 0 Å². The molecule has 0 aliphatic rings. The van der Waals surface area contributed by atoms with E-state index in [2.05, 4.69) is 4.90 Å². The maximum atomic E-state index is 11.8. The smallest absolute Gasteiger partial charge is 0.311 e. The van der Waals surface area contributed by atoms with Gasteiger partial charge < -0.3 is 19.5 Å². The van der Waals surface area contributed by atoms with Gasteiger partial charge in [0, 0.05) is 12.6 Å². The average molecular weight is 357 g/mol. The number of aliphatic carboxylic acids is 1. The van der Waals surface area contributed by atoms with E-state index in [-0.39, 0.29) is 0 Å². The highest BCUT2D eigenvalue weighted by molar-refractivity contribution is 5.76. The average Bonchev–Trinajstić information content (AvgIpc) is 2.64. The highest BCUT2D eigenvalue weighted by atomic mass is 16.5. The van der Waals surface area contributed by atoms with Crippen LogP contribution >= 0.6 is 0 Å². The SMILES string of the molecule is COc1ccc(CC(C(=O)O)c2ccccc2)c(OCCCN(C)C)c1. The van der Waals surface area contributed by atoms with Gasteiger partial charge in [0.15, 0.2) is 0 Å². The van der Waals surface area contributed by atoms with Gasteiger partial charge in [0.1, 0.15) is 11.5 Å². The first-order valence-electron chi connectivity index (χ1n) is 8.73. The second-order valence-corrected chi connectivity index (χ2v) is 6.48. The number of benzene rings is 2. The van der Waals surface area contributed by atoms with E-state index in [0.29, 0.717) is 24.5 Å². The second kappa shape index (κ2) is 9.82. The van der Waals surface area contributed by atoms with Gasteiger partial charge in [-0.1, -0.05) is 36.4 Å². The van der Waals surface area contributed by atoms with Gasteiger partial charge in [-0.05, 0) is 44.1 Å². The fourth-order valence-electron chi connectivity index (χ4n) is 2.78. The summed E-state index contributed by atoms with van der Waals surface area (Å²) in [6.45, 7) is 1.50. The maximum absolute atomic E-state index is 11.8. The summed E-state index contributed by atoms with van der Waals surface area (Å²) in [7, 11) is 5.65. The maximum Gasteiger partial charge on any atom is 0.311 e. The second-order valence-electron chi connectivity index (χ2n) is 6.48. The molecule has 2 aromatic rings. The number of methoxy groups -OCH3 is 1. The normalized spacial score (nSPS) is 12.0. The quantitative estimate of drug-likeness (QED) is 0.660. The van der Waals surface area contributed by atoms with Crippen molar-refractivity contribution in [1.82, 2.24) is 4.90 Å². The van der Waals surface area contributed by atoms with E-state index in [9.17, 15) is 9.90 Å². The molecular formula is C21H27NO4. The van der Waals surface area contributed by atoms with Gasteiger partial charge in [0.25, 0.3) is 0 Å². The third-order valence-electron chi connectivity index (χ3n) is 4.21. The number of carbonyl (C=O) groups is 1. The summed E-state index contributed by atoms with van der Waals surface area (Å²) < 4.78 is 11.2. The Hall–Kier alpha value is -2.53. The summed E-state index contributed by atoms with van der Waals surface area (Å²) in [5.41, 5.74) is 1.65. The Bertz CT molecular complexity index is 700. The predicted molar refractivity (Wildman–Crippen MR) is 102 cm³/mol. The Kier molecular flexibility index (Phi) is 7.48. The van der Waals surface area contributed by atoms with Crippen molar-refractivity contribution in [2.45, 2.75) is 18.8 Å². The molecule has 0 bridgehead atoms. The lowest BCUT2D eigenvalue weighted by molar-refractivity contribution is -0.138. The minimum Gasteiger partial charge on any atom is -0.497 e. The molecule has 0 aromatic heterocycles. The molecule has 0 radical (unpaired) electrons. The molecule has 0 heterocycles. The van der Waals surface area contributed by atoms with Crippen LogP contribution in [0.5, 0.6) is 11.5 Å². The van der Waals surface area contributed by atoms with Crippen molar-refractivity contribution in [2.75, 3.05) is 34.4 Å². The zero-order chi connectivity index (χ0) is 18.9. The predicted octanol–water partition coefficient (Wildman–Crippen LogP) is 3.44. The van der Waals surface area contributed by atoms with Gasteiger partial charge in [-0.3, -0.25) is 4.79 Å². The summed E-state index contributed by atoms with van der Waals surface area (Å²) in [6.07, 6.45) is 1.26.